The molecule has 1 heterocycles. The summed E-state index contributed by atoms with van der Waals surface area (Å²) < 4.78 is 11.5. The second kappa shape index (κ2) is 9.99. The van der Waals surface area contributed by atoms with Crippen LogP contribution in [-0.4, -0.2) is 28.5 Å². The van der Waals surface area contributed by atoms with Crippen molar-refractivity contribution in [3.8, 4) is 23.3 Å². The van der Waals surface area contributed by atoms with E-state index in [2.05, 4.69) is 38.0 Å². The number of halogens is 3. The van der Waals surface area contributed by atoms with Crippen LogP contribution in [0, 0.1) is 11.8 Å². The number of ether oxygens (including phenoxy) is 1. The monoisotopic (exact) mass is 496 g/mol. The lowest BCUT2D eigenvalue weighted by atomic mass is 10.2. The molecule has 5 nitrogen and oxygen atoms in total. The van der Waals surface area contributed by atoms with Crippen molar-refractivity contribution in [1.82, 2.24) is 10.2 Å². The molecule has 3 rings (SSSR count). The zero-order valence-corrected chi connectivity index (χ0v) is 18.0. The van der Waals surface area contributed by atoms with Crippen LogP contribution in [-0.2, 0) is 4.74 Å². The molecular weight excluding hydrogens is 487 g/mol. The largest absolute Gasteiger partial charge is 0.449 e. The van der Waals surface area contributed by atoms with Crippen molar-refractivity contribution >= 4 is 56.9 Å². The molecule has 0 radical (unpaired) electrons. The number of hydrogen-bond acceptors (Lipinski definition) is 6. The Balaban J connectivity index is 1.46. The smallest absolute Gasteiger partial charge is 0.339 e. The van der Waals surface area contributed by atoms with Crippen LogP contribution in [0.4, 0.5) is 0 Å². The van der Waals surface area contributed by atoms with Gasteiger partial charge in [-0.05, 0) is 42.5 Å². The molecular formula is C19H11BrCl2N2O3S. The maximum absolute atomic E-state index is 11.8. The van der Waals surface area contributed by atoms with E-state index in [1.165, 1.54) is 11.8 Å². The Morgan fingerprint density at radius 2 is 1.93 bits per heavy atom. The van der Waals surface area contributed by atoms with Crippen molar-refractivity contribution in [1.29, 1.82) is 0 Å². The molecule has 0 spiro atoms. The van der Waals surface area contributed by atoms with E-state index in [0.29, 0.717) is 38.0 Å². The lowest BCUT2D eigenvalue weighted by molar-refractivity contribution is 0.0556. The first-order chi connectivity index (χ1) is 13.5. The van der Waals surface area contributed by atoms with Crippen LogP contribution >= 0.6 is 50.9 Å². The molecule has 0 aliphatic carbocycles. The SMILES string of the molecule is O=C(OCC#CCSc1nnc(-c2ccc(Cl)cc2Cl)o1)c1ccc(Br)cc1. The second-order valence-corrected chi connectivity index (χ2v) is 7.91. The molecule has 0 N–H and O–H groups in total. The minimum absolute atomic E-state index is 0.00488. The van der Waals surface area contributed by atoms with Gasteiger partial charge in [0.05, 0.1) is 21.9 Å². The first kappa shape index (κ1) is 20.7. The van der Waals surface area contributed by atoms with Gasteiger partial charge in [0.1, 0.15) is 0 Å². The fourth-order valence-corrected chi connectivity index (χ4v) is 3.30. The fraction of sp³-hybridized carbons (Fsp3) is 0.105. The van der Waals surface area contributed by atoms with E-state index in [4.69, 9.17) is 32.4 Å². The zero-order valence-electron chi connectivity index (χ0n) is 14.1. The lowest BCUT2D eigenvalue weighted by Gasteiger charge is -2.00. The molecule has 142 valence electrons. The number of rotatable bonds is 5. The van der Waals surface area contributed by atoms with Crippen molar-refractivity contribution < 1.29 is 13.9 Å². The third-order valence-electron chi connectivity index (χ3n) is 3.32. The van der Waals surface area contributed by atoms with Crippen molar-refractivity contribution in [2.24, 2.45) is 0 Å². The molecule has 0 atom stereocenters. The van der Waals surface area contributed by atoms with Crippen molar-refractivity contribution in [2.45, 2.75) is 5.22 Å². The van der Waals surface area contributed by atoms with Crippen LogP contribution in [0.2, 0.25) is 10.0 Å². The van der Waals surface area contributed by atoms with Crippen molar-refractivity contribution in [3.63, 3.8) is 0 Å². The Labute approximate surface area is 183 Å². The van der Waals surface area contributed by atoms with Gasteiger partial charge in [-0.25, -0.2) is 4.79 Å². The van der Waals surface area contributed by atoms with E-state index in [1.807, 2.05) is 0 Å². The standard InChI is InChI=1S/C19H11BrCl2N2O3S/c20-13-5-3-12(4-6-13)18(25)26-9-1-2-10-28-19-24-23-17(27-19)15-8-7-14(21)11-16(15)22/h3-8,11H,9-10H2. The molecule has 0 saturated carbocycles. The van der Waals surface area contributed by atoms with Gasteiger partial charge in [-0.3, -0.25) is 0 Å². The summed E-state index contributed by atoms with van der Waals surface area (Å²) in [6, 6.07) is 11.9. The van der Waals surface area contributed by atoms with Crippen LogP contribution in [0.1, 0.15) is 10.4 Å². The highest BCUT2D eigenvalue weighted by atomic mass is 79.9. The molecule has 0 bridgehead atoms. The highest BCUT2D eigenvalue weighted by Crippen LogP contribution is 2.30. The summed E-state index contributed by atoms with van der Waals surface area (Å²) >= 11 is 16.6. The number of carbonyl (C=O) groups is 1. The quantitative estimate of drug-likeness (QED) is 0.253. The topological polar surface area (TPSA) is 65.2 Å². The van der Waals surface area contributed by atoms with Crippen LogP contribution in [0.3, 0.4) is 0 Å². The predicted octanol–water partition coefficient (Wildman–Crippen LogP) is 5.76. The summed E-state index contributed by atoms with van der Waals surface area (Å²) in [5.74, 6) is 5.94. The van der Waals surface area contributed by atoms with Crippen LogP contribution in [0.15, 0.2) is 56.6 Å². The van der Waals surface area contributed by atoms with Gasteiger partial charge in [-0.15, -0.1) is 10.2 Å². The minimum atomic E-state index is -0.421. The van der Waals surface area contributed by atoms with Gasteiger partial charge >= 0.3 is 5.97 Å². The van der Waals surface area contributed by atoms with E-state index in [0.717, 1.165) is 4.47 Å². The second-order valence-electron chi connectivity index (χ2n) is 5.22. The molecule has 28 heavy (non-hydrogen) atoms. The molecule has 9 heteroatoms. The van der Waals surface area contributed by atoms with Crippen LogP contribution in [0.5, 0.6) is 0 Å². The average Bonchev–Trinajstić information content (AvgIpc) is 3.13. The highest BCUT2D eigenvalue weighted by molar-refractivity contribution is 9.10. The number of benzene rings is 2. The van der Waals surface area contributed by atoms with Gasteiger partial charge in [0.15, 0.2) is 6.61 Å². The summed E-state index contributed by atoms with van der Waals surface area (Å²) in [5.41, 5.74) is 1.08. The number of thioether (sulfide) groups is 1. The molecule has 0 saturated heterocycles. The molecule has 1 aromatic heterocycles. The summed E-state index contributed by atoms with van der Waals surface area (Å²) in [6.45, 7) is 0.00488. The van der Waals surface area contributed by atoms with Gasteiger partial charge in [0.2, 0.25) is 5.89 Å². The molecule has 0 amide bonds. The third-order valence-corrected chi connectivity index (χ3v) is 5.09. The Morgan fingerprint density at radius 1 is 1.14 bits per heavy atom. The fourth-order valence-electron chi connectivity index (χ4n) is 2.01. The maximum atomic E-state index is 11.8. The summed E-state index contributed by atoms with van der Waals surface area (Å²) in [4.78, 5) is 11.8. The molecule has 0 unspecified atom stereocenters. The molecule has 0 aliphatic rings. The number of carbonyl (C=O) groups excluding carboxylic acids is 1. The molecule has 0 aliphatic heterocycles. The molecule has 2 aromatic carbocycles. The molecule has 0 fully saturated rings. The van der Waals surface area contributed by atoms with E-state index >= 15 is 0 Å². The minimum Gasteiger partial charge on any atom is -0.449 e. The first-order valence-corrected chi connectivity index (χ1v) is 10.4. The molecule has 3 aromatic rings. The summed E-state index contributed by atoms with van der Waals surface area (Å²) in [7, 11) is 0. The van der Waals surface area contributed by atoms with Gasteiger partial charge in [-0.1, -0.05) is 62.7 Å². The highest BCUT2D eigenvalue weighted by Gasteiger charge is 2.12. The Hall–Kier alpha value is -1.98. The first-order valence-electron chi connectivity index (χ1n) is 7.83. The van der Waals surface area contributed by atoms with Gasteiger partial charge in [0, 0.05) is 9.50 Å². The number of esters is 1. The normalized spacial score (nSPS) is 10.2. The number of aromatic nitrogens is 2. The summed E-state index contributed by atoms with van der Waals surface area (Å²) in [5, 5.41) is 9.24. The predicted molar refractivity (Wildman–Crippen MR) is 113 cm³/mol. The van der Waals surface area contributed by atoms with Crippen LogP contribution in [0.25, 0.3) is 11.5 Å². The zero-order chi connectivity index (χ0) is 19.9. The maximum Gasteiger partial charge on any atom is 0.339 e. The Bertz CT molecular complexity index is 1050. The van der Waals surface area contributed by atoms with Crippen LogP contribution < -0.4 is 0 Å². The van der Waals surface area contributed by atoms with E-state index < -0.39 is 5.97 Å². The van der Waals surface area contributed by atoms with Crippen molar-refractivity contribution in [3.05, 3.63) is 62.5 Å². The van der Waals surface area contributed by atoms with Gasteiger partial charge in [0.25, 0.3) is 5.22 Å². The Morgan fingerprint density at radius 3 is 2.68 bits per heavy atom. The number of nitrogens with zero attached hydrogens (tertiary/aromatic N) is 2. The summed E-state index contributed by atoms with van der Waals surface area (Å²) in [6.07, 6.45) is 0. The van der Waals surface area contributed by atoms with E-state index in [-0.39, 0.29) is 6.61 Å². The number of hydrogen-bond donors (Lipinski definition) is 0. The van der Waals surface area contributed by atoms with Gasteiger partial charge in [-0.2, -0.15) is 0 Å². The van der Waals surface area contributed by atoms with Gasteiger partial charge < -0.3 is 9.15 Å². The average molecular weight is 498 g/mol. The third kappa shape index (κ3) is 5.76. The Kier molecular flexibility index (Phi) is 7.40. The lowest BCUT2D eigenvalue weighted by Crippen LogP contribution is -2.04. The van der Waals surface area contributed by atoms with Crippen molar-refractivity contribution in [2.75, 3.05) is 12.4 Å². The van der Waals surface area contributed by atoms with E-state index in [1.54, 1.807) is 42.5 Å². The van der Waals surface area contributed by atoms with E-state index in [9.17, 15) is 4.79 Å².